The van der Waals surface area contributed by atoms with Crippen molar-refractivity contribution in [2.24, 2.45) is 0 Å². The molecule has 0 spiro atoms. The van der Waals surface area contributed by atoms with Crippen molar-refractivity contribution in [1.82, 2.24) is 9.55 Å². The number of aromatic amines is 1. The summed E-state index contributed by atoms with van der Waals surface area (Å²) in [5.74, 6) is -0.0294. The number of aromatic nitrogens is 2. The summed E-state index contributed by atoms with van der Waals surface area (Å²) in [7, 11) is 0. The van der Waals surface area contributed by atoms with Crippen LogP contribution in [0.3, 0.4) is 0 Å². The average molecular weight is 370 g/mol. The van der Waals surface area contributed by atoms with Gasteiger partial charge in [0.1, 0.15) is 0 Å². The van der Waals surface area contributed by atoms with Crippen LogP contribution in [-0.2, 0) is 5.41 Å². The van der Waals surface area contributed by atoms with E-state index < -0.39 is 0 Å². The van der Waals surface area contributed by atoms with Crippen LogP contribution in [0.2, 0.25) is 0 Å². The van der Waals surface area contributed by atoms with Gasteiger partial charge in [0, 0.05) is 11.1 Å². The van der Waals surface area contributed by atoms with Crippen molar-refractivity contribution in [1.29, 1.82) is 0 Å². The highest BCUT2D eigenvalue weighted by molar-refractivity contribution is 6.09. The van der Waals surface area contributed by atoms with E-state index in [2.05, 4.69) is 25.8 Å². The number of para-hydroxylation sites is 2. The van der Waals surface area contributed by atoms with Crippen molar-refractivity contribution >= 4 is 16.8 Å². The minimum absolute atomic E-state index is 0.0294. The summed E-state index contributed by atoms with van der Waals surface area (Å²) in [4.78, 5) is 28.0. The fourth-order valence-electron chi connectivity index (χ4n) is 3.36. The number of rotatable bonds is 3. The van der Waals surface area contributed by atoms with Crippen LogP contribution in [-0.4, -0.2) is 15.3 Å². The van der Waals surface area contributed by atoms with Gasteiger partial charge < -0.3 is 4.98 Å². The Morgan fingerprint density at radius 3 is 2.00 bits per heavy atom. The average Bonchev–Trinajstić information content (AvgIpc) is 3.02. The largest absolute Gasteiger partial charge is 0.331 e. The standard InChI is InChI=1S/C24H22N2O2/c1-24(2,3)18-12-8-16(9-13-18)22(27)17-10-14-19(15-11-17)26-21-7-5-4-6-20(21)25-23(26)28/h4-15H,1-3H3,(H,25,28). The highest BCUT2D eigenvalue weighted by atomic mass is 16.1. The van der Waals surface area contributed by atoms with Gasteiger partial charge in [0.25, 0.3) is 0 Å². The topological polar surface area (TPSA) is 54.9 Å². The Labute approximate surface area is 163 Å². The van der Waals surface area contributed by atoms with Crippen LogP contribution in [0.5, 0.6) is 0 Å². The number of benzene rings is 3. The quantitative estimate of drug-likeness (QED) is 0.524. The molecule has 4 rings (SSSR count). The molecule has 0 aliphatic rings. The second-order valence-corrected chi connectivity index (χ2v) is 7.99. The van der Waals surface area contributed by atoms with Crippen molar-refractivity contribution in [3.05, 3.63) is 100.0 Å². The summed E-state index contributed by atoms with van der Waals surface area (Å²) in [6, 6.07) is 22.4. The highest BCUT2D eigenvalue weighted by Gasteiger charge is 2.15. The number of ketones is 1. The first-order valence-corrected chi connectivity index (χ1v) is 9.30. The maximum Gasteiger partial charge on any atom is 0.331 e. The van der Waals surface area contributed by atoms with Crippen LogP contribution >= 0.6 is 0 Å². The minimum Gasteiger partial charge on any atom is -0.305 e. The van der Waals surface area contributed by atoms with Crippen molar-refractivity contribution in [2.75, 3.05) is 0 Å². The van der Waals surface area contributed by atoms with Gasteiger partial charge >= 0.3 is 5.69 Å². The van der Waals surface area contributed by atoms with E-state index in [4.69, 9.17) is 0 Å². The molecule has 0 saturated heterocycles. The monoisotopic (exact) mass is 370 g/mol. The van der Waals surface area contributed by atoms with E-state index in [0.717, 1.165) is 16.7 Å². The molecule has 0 radical (unpaired) electrons. The first-order valence-electron chi connectivity index (χ1n) is 9.30. The molecule has 4 nitrogen and oxygen atoms in total. The van der Waals surface area contributed by atoms with Gasteiger partial charge in [-0.15, -0.1) is 0 Å². The Balaban J connectivity index is 1.65. The summed E-state index contributed by atoms with van der Waals surface area (Å²) in [6.45, 7) is 6.44. The molecule has 0 fully saturated rings. The lowest BCUT2D eigenvalue weighted by Crippen LogP contribution is -2.14. The van der Waals surface area contributed by atoms with Gasteiger partial charge in [0.05, 0.1) is 16.7 Å². The fourth-order valence-corrected chi connectivity index (χ4v) is 3.36. The predicted molar refractivity (Wildman–Crippen MR) is 112 cm³/mol. The molecule has 0 amide bonds. The lowest BCUT2D eigenvalue weighted by molar-refractivity contribution is 0.103. The van der Waals surface area contributed by atoms with Crippen LogP contribution in [0.4, 0.5) is 0 Å². The number of nitrogens with one attached hydrogen (secondary N) is 1. The zero-order valence-electron chi connectivity index (χ0n) is 16.2. The van der Waals surface area contributed by atoms with Gasteiger partial charge in [0.15, 0.2) is 5.78 Å². The summed E-state index contributed by atoms with van der Waals surface area (Å²) in [5.41, 5.74) is 4.62. The van der Waals surface area contributed by atoms with Crippen molar-refractivity contribution in [3.63, 3.8) is 0 Å². The lowest BCUT2D eigenvalue weighted by Gasteiger charge is -2.19. The molecule has 3 aromatic carbocycles. The molecule has 0 atom stereocenters. The van der Waals surface area contributed by atoms with Gasteiger partial charge in [-0.2, -0.15) is 0 Å². The number of imidazole rings is 1. The van der Waals surface area contributed by atoms with Crippen molar-refractivity contribution in [3.8, 4) is 5.69 Å². The second-order valence-electron chi connectivity index (χ2n) is 7.99. The molecule has 0 aliphatic carbocycles. The molecule has 28 heavy (non-hydrogen) atoms. The minimum atomic E-state index is -0.196. The Bertz CT molecular complexity index is 1200. The van der Waals surface area contributed by atoms with Crippen LogP contribution in [0.15, 0.2) is 77.6 Å². The Hall–Kier alpha value is -3.40. The van der Waals surface area contributed by atoms with Crippen LogP contribution in [0, 0.1) is 0 Å². The summed E-state index contributed by atoms with van der Waals surface area (Å²) < 4.78 is 1.61. The van der Waals surface area contributed by atoms with E-state index in [1.165, 1.54) is 5.56 Å². The van der Waals surface area contributed by atoms with Crippen LogP contribution in [0.1, 0.15) is 42.3 Å². The van der Waals surface area contributed by atoms with Crippen molar-refractivity contribution < 1.29 is 4.79 Å². The number of carbonyl (C=O) groups is 1. The predicted octanol–water partition coefficient (Wildman–Crippen LogP) is 4.85. The van der Waals surface area contributed by atoms with Gasteiger partial charge in [-0.05, 0) is 47.4 Å². The van der Waals surface area contributed by atoms with Gasteiger partial charge in [-0.3, -0.25) is 9.36 Å². The highest BCUT2D eigenvalue weighted by Crippen LogP contribution is 2.23. The Kier molecular flexibility index (Phi) is 4.27. The molecule has 0 saturated carbocycles. The summed E-state index contributed by atoms with van der Waals surface area (Å²) in [6.07, 6.45) is 0. The first kappa shape index (κ1) is 18.0. The third-order valence-electron chi connectivity index (χ3n) is 4.99. The molecule has 0 aliphatic heterocycles. The molecular weight excluding hydrogens is 348 g/mol. The molecule has 0 unspecified atom stereocenters. The molecule has 4 aromatic rings. The zero-order valence-corrected chi connectivity index (χ0v) is 16.2. The lowest BCUT2D eigenvalue weighted by atomic mass is 9.86. The number of carbonyl (C=O) groups excluding carboxylic acids is 1. The fraction of sp³-hybridized carbons (Fsp3) is 0.167. The van der Waals surface area contributed by atoms with Crippen molar-refractivity contribution in [2.45, 2.75) is 26.2 Å². The van der Waals surface area contributed by atoms with E-state index in [1.807, 2.05) is 48.5 Å². The van der Waals surface area contributed by atoms with Gasteiger partial charge in [0.2, 0.25) is 0 Å². The normalized spacial score (nSPS) is 11.7. The maximum atomic E-state index is 12.8. The van der Waals surface area contributed by atoms with E-state index in [9.17, 15) is 9.59 Å². The number of nitrogens with zero attached hydrogens (tertiary/aromatic N) is 1. The number of hydrogen-bond donors (Lipinski definition) is 1. The van der Waals surface area contributed by atoms with E-state index in [0.29, 0.717) is 11.1 Å². The SMILES string of the molecule is CC(C)(C)c1ccc(C(=O)c2ccc(-n3c(=O)[nH]c4ccccc43)cc2)cc1. The maximum absolute atomic E-state index is 12.8. The van der Waals surface area contributed by atoms with Crippen LogP contribution in [0.25, 0.3) is 16.7 Å². The summed E-state index contributed by atoms with van der Waals surface area (Å²) in [5, 5.41) is 0. The number of hydrogen-bond acceptors (Lipinski definition) is 2. The van der Waals surface area contributed by atoms with Crippen LogP contribution < -0.4 is 5.69 Å². The van der Waals surface area contributed by atoms with E-state index >= 15 is 0 Å². The van der Waals surface area contributed by atoms with Gasteiger partial charge in [-0.25, -0.2) is 4.79 Å². The number of H-pyrrole nitrogens is 1. The third-order valence-corrected chi connectivity index (χ3v) is 4.99. The van der Waals surface area contributed by atoms with E-state index in [-0.39, 0.29) is 16.9 Å². The molecular formula is C24H22N2O2. The molecule has 4 heteroatoms. The zero-order chi connectivity index (χ0) is 19.9. The number of fused-ring (bicyclic) bond motifs is 1. The molecule has 0 bridgehead atoms. The Morgan fingerprint density at radius 1 is 0.821 bits per heavy atom. The second kappa shape index (κ2) is 6.64. The molecule has 1 heterocycles. The molecule has 1 aromatic heterocycles. The Morgan fingerprint density at radius 2 is 1.39 bits per heavy atom. The third kappa shape index (κ3) is 3.18. The molecule has 1 N–H and O–H groups in total. The molecule has 140 valence electrons. The van der Waals surface area contributed by atoms with Gasteiger partial charge in [-0.1, -0.05) is 57.2 Å². The van der Waals surface area contributed by atoms with E-state index in [1.54, 1.807) is 28.8 Å². The first-order chi connectivity index (χ1) is 13.3. The summed E-state index contributed by atoms with van der Waals surface area (Å²) >= 11 is 0. The smallest absolute Gasteiger partial charge is 0.305 e.